The number of piperazine rings is 2. The molecule has 1 unspecified atom stereocenters. The van der Waals surface area contributed by atoms with Crippen molar-refractivity contribution in [2.24, 2.45) is 10.8 Å². The monoisotopic (exact) mass is 1640 g/mol. The van der Waals surface area contributed by atoms with E-state index < -0.39 is 100 Å². The van der Waals surface area contributed by atoms with Crippen LogP contribution in [0.2, 0.25) is 5.02 Å². The minimum Gasteiger partial charge on any atom is -0.391 e. The zero-order valence-electron chi connectivity index (χ0n) is 64.7. The van der Waals surface area contributed by atoms with Crippen LogP contribution in [0.4, 0.5) is 24.5 Å². The Bertz CT molecular complexity index is 4580. The number of carbonyl (C=O) groups is 5. The van der Waals surface area contributed by atoms with Gasteiger partial charge >= 0.3 is 5.51 Å². The molecular formula is C81H103ClF3N11O12S4. The van der Waals surface area contributed by atoms with Gasteiger partial charge in [0.25, 0.3) is 25.8 Å². The van der Waals surface area contributed by atoms with Crippen LogP contribution in [-0.2, 0) is 54.9 Å². The molecule has 1 aromatic heterocycles. The van der Waals surface area contributed by atoms with Crippen molar-refractivity contribution >= 4 is 101 Å². The van der Waals surface area contributed by atoms with E-state index in [1.807, 2.05) is 97.2 Å². The van der Waals surface area contributed by atoms with Gasteiger partial charge in [0, 0.05) is 124 Å². The van der Waals surface area contributed by atoms with Crippen molar-refractivity contribution in [2.45, 2.75) is 150 Å². The topological polar surface area (TPSA) is 273 Å². The third-order valence-electron chi connectivity index (χ3n) is 21.7. The third kappa shape index (κ3) is 21.9. The largest absolute Gasteiger partial charge is 0.501 e. The SMILES string of the molecule is Cc1ncsc1-c1ccc([C@H](C)NC(=O)[C@@H]2C[C@@H](O)CN2C(=O)[C@@H](NC(=O)COCCN(C)CCOCC(=O)N2CCN(CC[C@H](CSc3ccccc3)Nc3ccc(S(=O)(=O)NC(=O)c4ccc5c(c4)CCC4CN(CC6=C(c7ccc(Cl)cc7)CCC(C)(C)C6)CCN54)cc3S(=O)(=O)C(F)(F)F)CC2)C(C)(C)C)cc1. The van der Waals surface area contributed by atoms with Crippen molar-refractivity contribution in [2.75, 3.05) is 128 Å². The maximum absolute atomic E-state index is 14.7. The molecule has 5 aromatic carbocycles. The Kier molecular flexibility index (Phi) is 28.2. The molecule has 0 saturated carbocycles. The number of likely N-dealkylation sites (tertiary alicyclic amines) is 1. The van der Waals surface area contributed by atoms with Crippen molar-refractivity contribution in [1.82, 2.24) is 44.8 Å². The number of sulfonamides is 1. The van der Waals surface area contributed by atoms with Crippen molar-refractivity contribution in [1.29, 1.82) is 0 Å². The van der Waals surface area contributed by atoms with Crippen molar-refractivity contribution in [3.05, 3.63) is 159 Å². The summed E-state index contributed by atoms with van der Waals surface area (Å²) >= 11 is 9.20. The minimum atomic E-state index is -6.19. The zero-order chi connectivity index (χ0) is 80.5. The predicted molar refractivity (Wildman–Crippen MR) is 430 cm³/mol. The maximum atomic E-state index is 14.7. The smallest absolute Gasteiger partial charge is 0.391 e. The number of nitrogens with zero attached hydrogens (tertiary/aromatic N) is 7. The number of aryl methyl sites for hydroxylation is 2. The molecule has 112 heavy (non-hydrogen) atoms. The Morgan fingerprint density at radius 2 is 1.51 bits per heavy atom. The van der Waals surface area contributed by atoms with Gasteiger partial charge in [-0.15, -0.1) is 23.1 Å². The normalized spacial score (nSPS) is 19.4. The first-order chi connectivity index (χ1) is 53.1. The molecule has 606 valence electrons. The second-order valence-corrected chi connectivity index (χ2v) is 37.7. The number of thiazole rings is 1. The fourth-order valence-electron chi connectivity index (χ4n) is 15.2. The van der Waals surface area contributed by atoms with E-state index in [1.165, 1.54) is 39.4 Å². The maximum Gasteiger partial charge on any atom is 0.501 e. The molecule has 3 fully saturated rings. The molecule has 0 bridgehead atoms. The van der Waals surface area contributed by atoms with Crippen LogP contribution in [0.5, 0.6) is 0 Å². The van der Waals surface area contributed by atoms with E-state index in [1.54, 1.807) is 54.7 Å². The Morgan fingerprint density at radius 3 is 2.19 bits per heavy atom. The minimum absolute atomic E-state index is 0.0149. The number of likely N-dealkylation sites (N-methyl/N-ethyl adjacent to an activating group) is 1. The molecule has 5 heterocycles. The molecule has 11 rings (SSSR count). The number of rotatable bonds is 31. The molecule has 0 radical (unpaired) electrons. The third-order valence-corrected chi connectivity index (χ3v) is 26.9. The van der Waals surface area contributed by atoms with E-state index in [0.29, 0.717) is 69.7 Å². The molecule has 5 aliphatic rings. The number of allylic oxidation sites excluding steroid dienone is 1. The summed E-state index contributed by atoms with van der Waals surface area (Å²) in [7, 11) is -9.32. The van der Waals surface area contributed by atoms with E-state index in [-0.39, 0.29) is 68.1 Å². The number of β-amino-alcohol motifs (C(OH)–C–C–N with tert-alkyl or cyclic N) is 1. The predicted octanol–water partition coefficient (Wildman–Crippen LogP) is 10.7. The molecule has 3 saturated heterocycles. The van der Waals surface area contributed by atoms with Gasteiger partial charge in [-0.3, -0.25) is 33.8 Å². The van der Waals surface area contributed by atoms with E-state index in [4.69, 9.17) is 21.1 Å². The first-order valence-electron chi connectivity index (χ1n) is 38.1. The second-order valence-electron chi connectivity index (χ2n) is 31.7. The molecule has 0 spiro atoms. The first kappa shape index (κ1) is 85.4. The number of anilines is 2. The lowest BCUT2D eigenvalue weighted by molar-refractivity contribution is -0.144. The number of alkyl halides is 3. The summed E-state index contributed by atoms with van der Waals surface area (Å²) in [6.07, 6.45) is 3.91. The number of amides is 5. The van der Waals surface area contributed by atoms with Crippen LogP contribution in [0.3, 0.4) is 0 Å². The highest BCUT2D eigenvalue weighted by atomic mass is 35.5. The number of ether oxygens (including phenoxy) is 2. The van der Waals surface area contributed by atoms with Gasteiger partial charge in [-0.2, -0.15) is 13.2 Å². The Hall–Kier alpha value is -7.49. The molecule has 31 heteroatoms. The first-order valence-corrected chi connectivity index (χ1v) is 43.3. The number of fused-ring (bicyclic) bond motifs is 3. The van der Waals surface area contributed by atoms with Gasteiger partial charge in [0.2, 0.25) is 23.6 Å². The van der Waals surface area contributed by atoms with Crippen LogP contribution in [0.25, 0.3) is 16.0 Å². The average molecular weight is 1640 g/mol. The fraction of sp³-hybridized carbons (Fsp3) is 0.506. The van der Waals surface area contributed by atoms with E-state index in [0.717, 1.165) is 102 Å². The van der Waals surface area contributed by atoms with E-state index in [2.05, 4.69) is 61.6 Å². The van der Waals surface area contributed by atoms with Gasteiger partial charge in [-0.05, 0) is 159 Å². The molecule has 4 aliphatic heterocycles. The summed E-state index contributed by atoms with van der Waals surface area (Å²) in [5, 5.41) is 20.3. The Balaban J connectivity index is 0.623. The van der Waals surface area contributed by atoms with Crippen molar-refractivity contribution in [3.8, 4) is 10.4 Å². The zero-order valence-corrected chi connectivity index (χ0v) is 68.7. The molecule has 6 aromatic rings. The number of halogens is 4. The number of aliphatic hydroxyl groups is 1. The average Bonchev–Trinajstić information content (AvgIpc) is 0.945. The van der Waals surface area contributed by atoms with Crippen LogP contribution < -0.4 is 25.6 Å². The highest BCUT2D eigenvalue weighted by Gasteiger charge is 2.49. The lowest BCUT2D eigenvalue weighted by Crippen LogP contribution is -2.58. The highest BCUT2D eigenvalue weighted by Crippen LogP contribution is 2.44. The van der Waals surface area contributed by atoms with Crippen LogP contribution in [-0.4, -0.2) is 235 Å². The molecule has 23 nitrogen and oxygen atoms in total. The number of benzene rings is 5. The number of hydrogen-bond acceptors (Lipinski definition) is 20. The van der Waals surface area contributed by atoms with Gasteiger partial charge in [0.15, 0.2) is 0 Å². The standard InChI is InChI=1S/C81H103ClF3N11O12S4/c1-53(55-14-16-57(17-15-55)74-54(2)86-52-110-74)87-77(101)70-43-64(97)48-96(70)78(102)75(79(3,4)5)89-72(98)49-107-40-38-91(8)39-41-108-50-73(99)94-35-32-92(33-36-94)31-29-62(51-109-65-12-10-9-11-13-65)88-68-26-25-66(44-71(68)111(103,104)81(83,84)85)112(105,106)90-76(100)59-21-27-69-58(42-59)20-24-63-47-93(34-37-95(63)69)46-60-45-80(6,7)30-28-67(60)56-18-22-61(82)23-19-56/h9-19,21-23,25-27,42,44,52-53,62-64,70,75,88,97H,20,24,28-41,43,45-51H2,1-8H3,(H,87,101)(H,89,98)(H,90,100)/t53-,62+,63?,64+,70-,75+/m0/s1. The van der Waals surface area contributed by atoms with Crippen molar-refractivity contribution in [3.63, 3.8) is 0 Å². The number of nitrogens with one attached hydrogen (secondary N) is 4. The molecule has 5 N–H and O–H groups in total. The summed E-state index contributed by atoms with van der Waals surface area (Å²) in [5.41, 5.74) is 3.56. The molecular weight excluding hydrogens is 1540 g/mol. The van der Waals surface area contributed by atoms with E-state index >= 15 is 0 Å². The fourth-order valence-corrected chi connectivity index (χ4v) is 19.2. The van der Waals surface area contributed by atoms with Crippen molar-refractivity contribution < 1.29 is 68.6 Å². The van der Waals surface area contributed by atoms with Gasteiger partial charge in [0.1, 0.15) is 30.2 Å². The summed E-state index contributed by atoms with van der Waals surface area (Å²) in [4.78, 5) is 84.5. The number of aromatic nitrogens is 1. The van der Waals surface area contributed by atoms with Crippen LogP contribution in [0.15, 0.2) is 141 Å². The Labute approximate surface area is 668 Å². The van der Waals surface area contributed by atoms with Gasteiger partial charge in [0.05, 0.1) is 52.0 Å². The number of aliphatic hydroxyl groups excluding tert-OH is 1. The Morgan fingerprint density at radius 1 is 0.821 bits per heavy atom. The van der Waals surface area contributed by atoms with Crippen LogP contribution in [0.1, 0.15) is 119 Å². The molecule has 5 amide bonds. The quantitative estimate of drug-likeness (QED) is 0.0200. The van der Waals surface area contributed by atoms with Gasteiger partial charge in [-0.1, -0.05) is 106 Å². The molecule has 6 atom stereocenters. The number of sulfone groups is 1. The number of thioether (sulfide) groups is 1. The van der Waals surface area contributed by atoms with Gasteiger partial charge in [-0.25, -0.2) is 26.5 Å². The highest BCUT2D eigenvalue weighted by molar-refractivity contribution is 7.99. The van der Waals surface area contributed by atoms with E-state index in [9.17, 15) is 59.1 Å². The molecule has 1 aliphatic carbocycles. The van der Waals surface area contributed by atoms with Crippen LogP contribution >= 0.6 is 34.7 Å². The summed E-state index contributed by atoms with van der Waals surface area (Å²) in [5.74, 6) is -2.44. The van der Waals surface area contributed by atoms with Crippen LogP contribution in [0, 0.1) is 17.8 Å². The second kappa shape index (κ2) is 37.0. The summed E-state index contributed by atoms with van der Waals surface area (Å²) < 4.78 is 113. The van der Waals surface area contributed by atoms with Gasteiger partial charge < -0.3 is 50.1 Å². The number of carbonyl (C=O) groups excluding carboxylic acids is 5. The number of hydrogen-bond donors (Lipinski definition) is 5. The lowest BCUT2D eigenvalue weighted by Gasteiger charge is -2.47. The lowest BCUT2D eigenvalue weighted by atomic mass is 9.72. The summed E-state index contributed by atoms with van der Waals surface area (Å²) in [6.45, 7) is 19.7. The summed E-state index contributed by atoms with van der Waals surface area (Å²) in [6, 6.07) is 29.6.